The zero-order valence-electron chi connectivity index (χ0n) is 11.0. The Morgan fingerprint density at radius 1 is 1.20 bits per heavy atom. The SMILES string of the molecule is CCC(CC)N(CC)C(=O)OC(C)(C)C. The van der Waals surface area contributed by atoms with Gasteiger partial charge in [0.25, 0.3) is 0 Å². The van der Waals surface area contributed by atoms with Crippen molar-refractivity contribution in [3.63, 3.8) is 0 Å². The Balaban J connectivity index is 4.46. The minimum Gasteiger partial charge on any atom is -0.444 e. The number of hydrogen-bond acceptors (Lipinski definition) is 2. The van der Waals surface area contributed by atoms with Crippen LogP contribution in [0.3, 0.4) is 0 Å². The molecule has 0 N–H and O–H groups in total. The highest BCUT2D eigenvalue weighted by Crippen LogP contribution is 2.14. The van der Waals surface area contributed by atoms with Crippen LogP contribution in [0.15, 0.2) is 0 Å². The Kier molecular flexibility index (Phi) is 5.69. The first-order valence-corrected chi connectivity index (χ1v) is 5.85. The zero-order valence-corrected chi connectivity index (χ0v) is 11.0. The van der Waals surface area contributed by atoms with Crippen molar-refractivity contribution in [3.05, 3.63) is 0 Å². The van der Waals surface area contributed by atoms with E-state index in [9.17, 15) is 4.79 Å². The Labute approximate surface area is 93.8 Å². The summed E-state index contributed by atoms with van der Waals surface area (Å²) in [5.74, 6) is 0. The molecule has 15 heavy (non-hydrogen) atoms. The van der Waals surface area contributed by atoms with Crippen LogP contribution in [0.1, 0.15) is 54.4 Å². The molecule has 0 aromatic heterocycles. The lowest BCUT2D eigenvalue weighted by atomic mass is 10.1. The number of carbonyl (C=O) groups is 1. The minimum atomic E-state index is -0.406. The van der Waals surface area contributed by atoms with E-state index in [0.29, 0.717) is 12.6 Å². The molecule has 0 aliphatic heterocycles. The van der Waals surface area contributed by atoms with E-state index in [0.717, 1.165) is 12.8 Å². The van der Waals surface area contributed by atoms with Gasteiger partial charge in [-0.1, -0.05) is 13.8 Å². The van der Waals surface area contributed by atoms with Gasteiger partial charge >= 0.3 is 6.09 Å². The summed E-state index contributed by atoms with van der Waals surface area (Å²) in [7, 11) is 0. The number of hydrogen-bond donors (Lipinski definition) is 0. The molecule has 0 unspecified atom stereocenters. The second-order valence-corrected chi connectivity index (χ2v) is 4.74. The lowest BCUT2D eigenvalue weighted by molar-refractivity contribution is 0.0165. The van der Waals surface area contributed by atoms with E-state index in [2.05, 4.69) is 13.8 Å². The summed E-state index contributed by atoms with van der Waals surface area (Å²) in [6, 6.07) is 0.296. The van der Waals surface area contributed by atoms with Gasteiger partial charge in [0.15, 0.2) is 0 Å². The molecular weight excluding hydrogens is 190 g/mol. The van der Waals surface area contributed by atoms with Crippen LogP contribution in [0.2, 0.25) is 0 Å². The van der Waals surface area contributed by atoms with Crippen LogP contribution in [0.4, 0.5) is 4.79 Å². The van der Waals surface area contributed by atoms with E-state index < -0.39 is 5.60 Å². The Bertz CT molecular complexity index is 192. The van der Waals surface area contributed by atoms with E-state index >= 15 is 0 Å². The first-order chi connectivity index (χ1) is 6.85. The first-order valence-electron chi connectivity index (χ1n) is 5.85. The second kappa shape index (κ2) is 5.99. The summed E-state index contributed by atoms with van der Waals surface area (Å²) in [5, 5.41) is 0. The van der Waals surface area contributed by atoms with Gasteiger partial charge in [0.05, 0.1) is 0 Å². The number of carbonyl (C=O) groups excluding carboxylic acids is 1. The van der Waals surface area contributed by atoms with Crippen molar-refractivity contribution in [1.82, 2.24) is 4.90 Å². The molecule has 1 amide bonds. The van der Waals surface area contributed by atoms with E-state index in [-0.39, 0.29) is 6.09 Å². The van der Waals surface area contributed by atoms with Gasteiger partial charge in [-0.15, -0.1) is 0 Å². The largest absolute Gasteiger partial charge is 0.444 e. The maximum absolute atomic E-state index is 11.9. The molecule has 0 atom stereocenters. The van der Waals surface area contributed by atoms with Gasteiger partial charge in [-0.25, -0.2) is 4.79 Å². The van der Waals surface area contributed by atoms with E-state index in [1.165, 1.54) is 0 Å². The Hall–Kier alpha value is -0.730. The molecule has 0 fully saturated rings. The standard InChI is InChI=1S/C12H25NO2/c1-7-10(8-2)13(9-3)11(14)15-12(4,5)6/h10H,7-9H2,1-6H3. The highest BCUT2D eigenvalue weighted by atomic mass is 16.6. The van der Waals surface area contributed by atoms with Gasteiger partial charge in [0, 0.05) is 12.6 Å². The van der Waals surface area contributed by atoms with Gasteiger partial charge in [-0.3, -0.25) is 0 Å². The van der Waals surface area contributed by atoms with Crippen molar-refractivity contribution in [2.75, 3.05) is 6.54 Å². The van der Waals surface area contributed by atoms with Crippen molar-refractivity contribution in [3.8, 4) is 0 Å². The second-order valence-electron chi connectivity index (χ2n) is 4.74. The monoisotopic (exact) mass is 215 g/mol. The molecule has 0 saturated carbocycles. The number of amides is 1. The van der Waals surface area contributed by atoms with Crippen LogP contribution in [0.25, 0.3) is 0 Å². The molecule has 0 aromatic rings. The Morgan fingerprint density at radius 2 is 1.67 bits per heavy atom. The fourth-order valence-electron chi connectivity index (χ4n) is 1.59. The number of rotatable bonds is 4. The van der Waals surface area contributed by atoms with E-state index in [4.69, 9.17) is 4.74 Å². The Morgan fingerprint density at radius 3 is 1.93 bits per heavy atom. The normalized spacial score (nSPS) is 11.7. The summed E-state index contributed by atoms with van der Waals surface area (Å²) in [5.41, 5.74) is -0.406. The van der Waals surface area contributed by atoms with Crippen LogP contribution in [0, 0.1) is 0 Å². The van der Waals surface area contributed by atoms with Crippen LogP contribution in [0.5, 0.6) is 0 Å². The molecule has 0 radical (unpaired) electrons. The molecule has 0 aliphatic rings. The molecule has 90 valence electrons. The summed E-state index contributed by atoms with van der Waals surface area (Å²) in [6.07, 6.45) is 1.76. The summed E-state index contributed by atoms with van der Waals surface area (Å²) >= 11 is 0. The maximum atomic E-state index is 11.9. The van der Waals surface area contributed by atoms with Crippen LogP contribution >= 0.6 is 0 Å². The average molecular weight is 215 g/mol. The van der Waals surface area contributed by atoms with Gasteiger partial charge in [-0.05, 0) is 40.5 Å². The highest BCUT2D eigenvalue weighted by molar-refractivity contribution is 5.68. The fourth-order valence-corrected chi connectivity index (χ4v) is 1.59. The zero-order chi connectivity index (χ0) is 12.1. The molecule has 3 heteroatoms. The van der Waals surface area contributed by atoms with Crippen molar-refractivity contribution in [1.29, 1.82) is 0 Å². The molecule has 0 bridgehead atoms. The third kappa shape index (κ3) is 5.05. The number of nitrogens with zero attached hydrogens (tertiary/aromatic N) is 1. The molecule has 0 aliphatic carbocycles. The van der Waals surface area contributed by atoms with Crippen LogP contribution in [-0.4, -0.2) is 29.2 Å². The van der Waals surface area contributed by atoms with Gasteiger partial charge in [0.2, 0.25) is 0 Å². The smallest absolute Gasteiger partial charge is 0.410 e. The quantitative estimate of drug-likeness (QED) is 0.719. The van der Waals surface area contributed by atoms with Crippen LogP contribution < -0.4 is 0 Å². The first kappa shape index (κ1) is 14.3. The molecule has 0 saturated heterocycles. The summed E-state index contributed by atoms with van der Waals surface area (Å²) < 4.78 is 5.36. The number of ether oxygens (including phenoxy) is 1. The molecule has 0 spiro atoms. The third-order valence-corrected chi connectivity index (χ3v) is 2.35. The fraction of sp³-hybridized carbons (Fsp3) is 0.917. The van der Waals surface area contributed by atoms with Gasteiger partial charge in [-0.2, -0.15) is 0 Å². The predicted molar refractivity (Wildman–Crippen MR) is 63.0 cm³/mol. The molecule has 0 rings (SSSR count). The third-order valence-electron chi connectivity index (χ3n) is 2.35. The van der Waals surface area contributed by atoms with E-state index in [1.807, 2.05) is 32.6 Å². The van der Waals surface area contributed by atoms with Crippen molar-refractivity contribution < 1.29 is 9.53 Å². The molecular formula is C12H25NO2. The highest BCUT2D eigenvalue weighted by Gasteiger charge is 2.24. The minimum absolute atomic E-state index is 0.196. The van der Waals surface area contributed by atoms with E-state index in [1.54, 1.807) is 0 Å². The van der Waals surface area contributed by atoms with Gasteiger partial charge in [0.1, 0.15) is 5.60 Å². The lowest BCUT2D eigenvalue weighted by Gasteiger charge is -2.31. The lowest BCUT2D eigenvalue weighted by Crippen LogP contribution is -2.42. The molecule has 0 aromatic carbocycles. The summed E-state index contributed by atoms with van der Waals surface area (Å²) in [6.45, 7) is 12.6. The van der Waals surface area contributed by atoms with Gasteiger partial charge < -0.3 is 9.64 Å². The van der Waals surface area contributed by atoms with Crippen molar-refractivity contribution >= 4 is 6.09 Å². The molecule has 3 nitrogen and oxygen atoms in total. The topological polar surface area (TPSA) is 29.5 Å². The maximum Gasteiger partial charge on any atom is 0.410 e. The van der Waals surface area contributed by atoms with Crippen LogP contribution in [-0.2, 0) is 4.74 Å². The van der Waals surface area contributed by atoms with Crippen molar-refractivity contribution in [2.45, 2.75) is 66.0 Å². The molecule has 0 heterocycles. The average Bonchev–Trinajstić information content (AvgIpc) is 2.10. The summed E-state index contributed by atoms with van der Waals surface area (Å²) in [4.78, 5) is 13.7. The predicted octanol–water partition coefficient (Wildman–Crippen LogP) is 3.43. The van der Waals surface area contributed by atoms with Crippen molar-refractivity contribution in [2.24, 2.45) is 0 Å².